The summed E-state index contributed by atoms with van der Waals surface area (Å²) in [7, 11) is 0. The van der Waals surface area contributed by atoms with Crippen LogP contribution in [-0.4, -0.2) is 35.1 Å². The molecule has 0 aliphatic heterocycles. The van der Waals surface area contributed by atoms with Gasteiger partial charge in [-0.2, -0.15) is 0 Å². The van der Waals surface area contributed by atoms with Gasteiger partial charge in [0, 0.05) is 12.6 Å². The Labute approximate surface area is 126 Å². The zero-order valence-electron chi connectivity index (χ0n) is 12.8. The third-order valence-electron chi connectivity index (χ3n) is 4.63. The first-order chi connectivity index (χ1) is 10.2. The van der Waals surface area contributed by atoms with Crippen LogP contribution in [0.3, 0.4) is 0 Å². The first kappa shape index (κ1) is 16.0. The third kappa shape index (κ3) is 4.05. The van der Waals surface area contributed by atoms with Crippen molar-refractivity contribution in [1.82, 2.24) is 4.90 Å². The van der Waals surface area contributed by atoms with Crippen LogP contribution in [0.1, 0.15) is 48.5 Å². The second kappa shape index (κ2) is 7.57. The molecular formula is C17H26N2O2. The highest BCUT2D eigenvalue weighted by molar-refractivity contribution is 5.87. The highest BCUT2D eigenvalue weighted by atomic mass is 16.4. The summed E-state index contributed by atoms with van der Waals surface area (Å²) in [6.45, 7) is 4.83. The molecule has 2 unspecified atom stereocenters. The van der Waals surface area contributed by atoms with E-state index in [1.165, 1.54) is 31.2 Å². The molecule has 0 heterocycles. The Balaban J connectivity index is 2.05. The summed E-state index contributed by atoms with van der Waals surface area (Å²) in [4.78, 5) is 13.4. The number of nitrogens with zero attached hydrogens (tertiary/aromatic N) is 1. The minimum atomic E-state index is -0.871. The molecule has 2 rings (SSSR count). The van der Waals surface area contributed by atoms with E-state index in [1.807, 2.05) is 12.1 Å². The highest BCUT2D eigenvalue weighted by Gasteiger charge is 2.28. The van der Waals surface area contributed by atoms with Gasteiger partial charge in [0.05, 0.1) is 5.56 Å². The predicted molar refractivity (Wildman–Crippen MR) is 84.3 cm³/mol. The van der Waals surface area contributed by atoms with Crippen molar-refractivity contribution < 1.29 is 9.90 Å². The van der Waals surface area contributed by atoms with Gasteiger partial charge in [0.1, 0.15) is 0 Å². The van der Waals surface area contributed by atoms with Gasteiger partial charge >= 0.3 is 5.97 Å². The molecule has 1 aromatic carbocycles. The SMILES string of the molecule is CCN(Cc1ccc(C(=O)O)cc1)C1CCCCC1CN. The van der Waals surface area contributed by atoms with Crippen LogP contribution in [0.5, 0.6) is 0 Å². The zero-order chi connectivity index (χ0) is 15.2. The first-order valence-corrected chi connectivity index (χ1v) is 7.92. The first-order valence-electron chi connectivity index (χ1n) is 7.92. The predicted octanol–water partition coefficient (Wildman–Crippen LogP) is 2.72. The van der Waals surface area contributed by atoms with Gasteiger partial charge in [-0.15, -0.1) is 0 Å². The van der Waals surface area contributed by atoms with Crippen molar-refractivity contribution in [3.8, 4) is 0 Å². The van der Waals surface area contributed by atoms with Crippen molar-refractivity contribution in [2.45, 2.75) is 45.2 Å². The Morgan fingerprint density at radius 1 is 1.29 bits per heavy atom. The number of carboxylic acids is 1. The molecule has 0 bridgehead atoms. The maximum absolute atomic E-state index is 10.9. The van der Waals surface area contributed by atoms with Gasteiger partial charge in [-0.3, -0.25) is 4.90 Å². The highest BCUT2D eigenvalue weighted by Crippen LogP contribution is 2.28. The molecule has 0 radical (unpaired) electrons. The molecule has 1 fully saturated rings. The second-order valence-electron chi connectivity index (χ2n) is 5.91. The summed E-state index contributed by atoms with van der Waals surface area (Å²) in [5.74, 6) is -0.277. The van der Waals surface area contributed by atoms with Crippen molar-refractivity contribution in [2.24, 2.45) is 11.7 Å². The van der Waals surface area contributed by atoms with E-state index in [-0.39, 0.29) is 0 Å². The normalized spacial score (nSPS) is 22.4. The Kier molecular flexibility index (Phi) is 5.76. The molecule has 1 aliphatic carbocycles. The molecule has 1 aliphatic rings. The Morgan fingerprint density at radius 3 is 2.52 bits per heavy atom. The molecule has 116 valence electrons. The summed E-state index contributed by atoms with van der Waals surface area (Å²) < 4.78 is 0. The third-order valence-corrected chi connectivity index (χ3v) is 4.63. The van der Waals surface area contributed by atoms with Crippen molar-refractivity contribution in [3.05, 3.63) is 35.4 Å². The zero-order valence-corrected chi connectivity index (χ0v) is 12.8. The number of hydrogen-bond donors (Lipinski definition) is 2. The molecule has 0 aromatic heterocycles. The number of rotatable bonds is 6. The van der Waals surface area contributed by atoms with Crippen LogP contribution >= 0.6 is 0 Å². The van der Waals surface area contributed by atoms with E-state index in [0.717, 1.165) is 19.6 Å². The maximum Gasteiger partial charge on any atom is 0.335 e. The van der Waals surface area contributed by atoms with E-state index < -0.39 is 5.97 Å². The lowest BCUT2D eigenvalue weighted by Gasteiger charge is -2.39. The average Bonchev–Trinajstić information content (AvgIpc) is 2.53. The van der Waals surface area contributed by atoms with Crippen LogP contribution in [-0.2, 0) is 6.54 Å². The summed E-state index contributed by atoms with van der Waals surface area (Å²) >= 11 is 0. The molecule has 0 saturated heterocycles. The number of benzene rings is 1. The molecule has 4 heteroatoms. The van der Waals surface area contributed by atoms with Crippen molar-refractivity contribution in [3.63, 3.8) is 0 Å². The average molecular weight is 290 g/mol. The van der Waals surface area contributed by atoms with E-state index >= 15 is 0 Å². The summed E-state index contributed by atoms with van der Waals surface area (Å²) in [5.41, 5.74) is 7.46. The van der Waals surface area contributed by atoms with Gasteiger partial charge in [0.15, 0.2) is 0 Å². The minimum Gasteiger partial charge on any atom is -0.478 e. The summed E-state index contributed by atoms with van der Waals surface area (Å²) in [6, 6.07) is 7.78. The fourth-order valence-electron chi connectivity index (χ4n) is 3.39. The fourth-order valence-corrected chi connectivity index (χ4v) is 3.39. The standard InChI is InChI=1S/C17H26N2O2/c1-2-19(16-6-4-3-5-15(16)11-18)12-13-7-9-14(10-8-13)17(20)21/h7-10,15-16H,2-6,11-12,18H2,1H3,(H,20,21). The van der Waals surface area contributed by atoms with Gasteiger partial charge in [-0.1, -0.05) is 31.9 Å². The van der Waals surface area contributed by atoms with Crippen LogP contribution in [0.2, 0.25) is 0 Å². The van der Waals surface area contributed by atoms with Crippen LogP contribution in [0.15, 0.2) is 24.3 Å². The molecule has 4 nitrogen and oxygen atoms in total. The van der Waals surface area contributed by atoms with E-state index in [1.54, 1.807) is 12.1 Å². The molecule has 0 spiro atoms. The summed E-state index contributed by atoms with van der Waals surface area (Å²) in [6.07, 6.45) is 5.04. The fraction of sp³-hybridized carbons (Fsp3) is 0.588. The van der Waals surface area contributed by atoms with Crippen molar-refractivity contribution in [2.75, 3.05) is 13.1 Å². The van der Waals surface area contributed by atoms with Crippen LogP contribution in [0, 0.1) is 5.92 Å². The number of aromatic carboxylic acids is 1. The molecule has 0 amide bonds. The second-order valence-corrected chi connectivity index (χ2v) is 5.91. The Morgan fingerprint density at radius 2 is 1.95 bits per heavy atom. The van der Waals surface area contributed by atoms with Gasteiger partial charge in [-0.05, 0) is 49.5 Å². The lowest BCUT2D eigenvalue weighted by atomic mass is 9.83. The molecule has 21 heavy (non-hydrogen) atoms. The molecule has 3 N–H and O–H groups in total. The van der Waals surface area contributed by atoms with E-state index in [2.05, 4.69) is 11.8 Å². The van der Waals surface area contributed by atoms with Gasteiger partial charge in [0.2, 0.25) is 0 Å². The Hall–Kier alpha value is -1.39. The smallest absolute Gasteiger partial charge is 0.335 e. The van der Waals surface area contributed by atoms with E-state index in [4.69, 9.17) is 10.8 Å². The maximum atomic E-state index is 10.9. The lowest BCUT2D eigenvalue weighted by molar-refractivity contribution is 0.0696. The van der Waals surface area contributed by atoms with Crippen LogP contribution < -0.4 is 5.73 Å². The number of nitrogens with two attached hydrogens (primary N) is 1. The topological polar surface area (TPSA) is 66.6 Å². The van der Waals surface area contributed by atoms with Crippen molar-refractivity contribution >= 4 is 5.97 Å². The van der Waals surface area contributed by atoms with Crippen molar-refractivity contribution in [1.29, 1.82) is 0 Å². The van der Waals surface area contributed by atoms with Gasteiger partial charge in [0.25, 0.3) is 0 Å². The van der Waals surface area contributed by atoms with Crippen LogP contribution in [0.25, 0.3) is 0 Å². The van der Waals surface area contributed by atoms with E-state index in [9.17, 15) is 4.79 Å². The lowest BCUT2D eigenvalue weighted by Crippen LogP contribution is -2.44. The largest absolute Gasteiger partial charge is 0.478 e. The number of carboxylic acid groups (broad SMARTS) is 1. The molecular weight excluding hydrogens is 264 g/mol. The minimum absolute atomic E-state index is 0.347. The number of carbonyl (C=O) groups is 1. The quantitative estimate of drug-likeness (QED) is 0.845. The van der Waals surface area contributed by atoms with Gasteiger partial charge < -0.3 is 10.8 Å². The Bertz CT molecular complexity index is 458. The van der Waals surface area contributed by atoms with E-state index in [0.29, 0.717) is 17.5 Å². The molecule has 1 saturated carbocycles. The number of hydrogen-bond acceptors (Lipinski definition) is 3. The molecule has 2 atom stereocenters. The monoisotopic (exact) mass is 290 g/mol. The van der Waals surface area contributed by atoms with Crippen LogP contribution in [0.4, 0.5) is 0 Å². The van der Waals surface area contributed by atoms with Gasteiger partial charge in [-0.25, -0.2) is 4.79 Å². The molecule has 1 aromatic rings. The summed E-state index contributed by atoms with van der Waals surface area (Å²) in [5, 5.41) is 8.95.